The number of aliphatic hydroxyl groups excluding tert-OH is 1. The van der Waals surface area contributed by atoms with Gasteiger partial charge in [-0.2, -0.15) is 0 Å². The number of carbonyl (C=O) groups is 3. The van der Waals surface area contributed by atoms with Crippen LogP contribution in [0.2, 0.25) is 0 Å². The minimum Gasteiger partial charge on any atom is -0.478 e. The van der Waals surface area contributed by atoms with E-state index >= 15 is 0 Å². The fourth-order valence-corrected chi connectivity index (χ4v) is 2.43. The van der Waals surface area contributed by atoms with Gasteiger partial charge >= 0.3 is 17.9 Å². The summed E-state index contributed by atoms with van der Waals surface area (Å²) in [6.07, 6.45) is 0.0863. The predicted octanol–water partition coefficient (Wildman–Crippen LogP) is 1.84. The molecule has 0 aromatic heterocycles. The molecule has 24 heavy (non-hydrogen) atoms. The zero-order chi connectivity index (χ0) is 18.5. The molecule has 0 bridgehead atoms. The minimum atomic E-state index is -1.40. The summed E-state index contributed by atoms with van der Waals surface area (Å²) in [7, 11) is 0. The maximum Gasteiger partial charge on any atom is 0.336 e. The van der Waals surface area contributed by atoms with Gasteiger partial charge in [0.25, 0.3) is 0 Å². The van der Waals surface area contributed by atoms with E-state index in [1.54, 1.807) is 6.92 Å². The minimum absolute atomic E-state index is 0.0807. The summed E-state index contributed by atoms with van der Waals surface area (Å²) in [5.74, 6) is -3.42. The lowest BCUT2D eigenvalue weighted by atomic mass is 9.72. The molecule has 0 aliphatic rings. The number of aliphatic hydroxyl groups is 1. The molecule has 0 fully saturated rings. The quantitative estimate of drug-likeness (QED) is 0.489. The molecule has 0 saturated carbocycles. The number of ether oxygens (including phenoxy) is 1. The van der Waals surface area contributed by atoms with Gasteiger partial charge in [-0.05, 0) is 25.0 Å². The van der Waals surface area contributed by atoms with E-state index in [0.717, 1.165) is 6.08 Å². The van der Waals surface area contributed by atoms with Gasteiger partial charge in [0.05, 0.1) is 23.8 Å². The Balaban J connectivity index is 3.37. The van der Waals surface area contributed by atoms with Gasteiger partial charge in [-0.1, -0.05) is 25.6 Å². The molecule has 2 unspecified atom stereocenters. The lowest BCUT2D eigenvalue weighted by Crippen LogP contribution is -2.38. The summed E-state index contributed by atoms with van der Waals surface area (Å²) < 4.78 is 4.90. The zero-order valence-corrected chi connectivity index (χ0v) is 13.5. The van der Waals surface area contributed by atoms with Crippen molar-refractivity contribution in [2.45, 2.75) is 31.8 Å². The molecule has 0 amide bonds. The molecule has 7 heteroatoms. The SMILES string of the molecule is C=CC(=O)OCCC(C)(c1cccc(C(=O)O)c1C(=O)O)C(C)O. The van der Waals surface area contributed by atoms with Crippen LogP contribution in [0.15, 0.2) is 30.9 Å². The van der Waals surface area contributed by atoms with Crippen LogP contribution in [0, 0.1) is 0 Å². The molecule has 0 saturated heterocycles. The van der Waals surface area contributed by atoms with Crippen molar-refractivity contribution in [2.24, 2.45) is 0 Å². The van der Waals surface area contributed by atoms with Crippen LogP contribution in [-0.4, -0.2) is 45.9 Å². The average Bonchev–Trinajstić information content (AvgIpc) is 2.53. The smallest absolute Gasteiger partial charge is 0.336 e. The molecule has 0 aliphatic carbocycles. The van der Waals surface area contributed by atoms with Crippen molar-refractivity contribution in [2.75, 3.05) is 6.61 Å². The van der Waals surface area contributed by atoms with Gasteiger partial charge in [0.1, 0.15) is 0 Å². The summed E-state index contributed by atoms with van der Waals surface area (Å²) in [5.41, 5.74) is -1.71. The lowest BCUT2D eigenvalue weighted by Gasteiger charge is -2.34. The van der Waals surface area contributed by atoms with Crippen LogP contribution in [0.1, 0.15) is 46.5 Å². The third-order valence-corrected chi connectivity index (χ3v) is 4.08. The number of carbonyl (C=O) groups excluding carboxylic acids is 1. The highest BCUT2D eigenvalue weighted by atomic mass is 16.5. The number of esters is 1. The Kier molecular flexibility index (Phi) is 6.25. The number of hydrogen-bond acceptors (Lipinski definition) is 5. The molecule has 0 spiro atoms. The van der Waals surface area contributed by atoms with E-state index < -0.39 is 29.4 Å². The van der Waals surface area contributed by atoms with Crippen LogP contribution >= 0.6 is 0 Å². The van der Waals surface area contributed by atoms with Crippen LogP contribution < -0.4 is 0 Å². The van der Waals surface area contributed by atoms with Crippen molar-refractivity contribution in [1.82, 2.24) is 0 Å². The summed E-state index contributed by atoms with van der Waals surface area (Å²) >= 11 is 0. The molecule has 1 aromatic rings. The molecule has 1 rings (SSSR count). The fraction of sp³-hybridized carbons (Fsp3) is 0.353. The zero-order valence-electron chi connectivity index (χ0n) is 13.5. The van der Waals surface area contributed by atoms with Gasteiger partial charge in [0.15, 0.2) is 0 Å². The molecule has 1 aromatic carbocycles. The lowest BCUT2D eigenvalue weighted by molar-refractivity contribution is -0.138. The van der Waals surface area contributed by atoms with E-state index in [1.807, 2.05) is 0 Å². The predicted molar refractivity (Wildman–Crippen MR) is 85.2 cm³/mol. The number of benzene rings is 1. The van der Waals surface area contributed by atoms with Gasteiger partial charge in [0.2, 0.25) is 0 Å². The topological polar surface area (TPSA) is 121 Å². The third-order valence-electron chi connectivity index (χ3n) is 4.08. The first-order chi connectivity index (χ1) is 11.1. The van der Waals surface area contributed by atoms with Gasteiger partial charge in [-0.15, -0.1) is 0 Å². The summed E-state index contributed by atoms with van der Waals surface area (Å²) in [6, 6.07) is 4.06. The van der Waals surface area contributed by atoms with Crippen molar-refractivity contribution in [1.29, 1.82) is 0 Å². The monoisotopic (exact) mass is 336 g/mol. The van der Waals surface area contributed by atoms with Crippen molar-refractivity contribution >= 4 is 17.9 Å². The van der Waals surface area contributed by atoms with Crippen LogP contribution in [0.5, 0.6) is 0 Å². The maximum atomic E-state index is 11.6. The van der Waals surface area contributed by atoms with E-state index in [9.17, 15) is 29.7 Å². The highest BCUT2D eigenvalue weighted by molar-refractivity contribution is 6.03. The van der Waals surface area contributed by atoms with Crippen LogP contribution in [0.25, 0.3) is 0 Å². The van der Waals surface area contributed by atoms with E-state index in [2.05, 4.69) is 6.58 Å². The van der Waals surface area contributed by atoms with Gasteiger partial charge in [-0.3, -0.25) is 0 Å². The Labute approximate surface area is 139 Å². The van der Waals surface area contributed by atoms with E-state index in [-0.39, 0.29) is 29.7 Å². The Morgan fingerprint density at radius 2 is 1.92 bits per heavy atom. The first-order valence-corrected chi connectivity index (χ1v) is 7.22. The van der Waals surface area contributed by atoms with Gasteiger partial charge < -0.3 is 20.1 Å². The number of carboxylic acid groups (broad SMARTS) is 2. The molecule has 7 nitrogen and oxygen atoms in total. The van der Waals surface area contributed by atoms with Crippen molar-refractivity contribution < 1.29 is 34.4 Å². The van der Waals surface area contributed by atoms with Crippen LogP contribution in [0.4, 0.5) is 0 Å². The normalized spacial score (nSPS) is 14.3. The molecule has 0 aliphatic heterocycles. The fourth-order valence-electron chi connectivity index (χ4n) is 2.43. The second-order valence-electron chi connectivity index (χ2n) is 5.55. The number of aromatic carboxylic acids is 2. The average molecular weight is 336 g/mol. The number of rotatable bonds is 8. The Morgan fingerprint density at radius 3 is 2.38 bits per heavy atom. The Bertz CT molecular complexity index is 663. The third kappa shape index (κ3) is 3.99. The highest BCUT2D eigenvalue weighted by Crippen LogP contribution is 2.35. The molecule has 3 N–H and O–H groups in total. The standard InChI is InChI=1S/C17H20O7/c1-4-13(19)24-9-8-17(3,10(2)18)12-7-5-6-11(15(20)21)14(12)16(22)23/h4-7,10,18H,1,8-9H2,2-3H3,(H,20,21)(H,22,23). The molecular formula is C17H20O7. The van der Waals surface area contributed by atoms with Crippen molar-refractivity contribution in [3.05, 3.63) is 47.5 Å². The van der Waals surface area contributed by atoms with Crippen LogP contribution in [0.3, 0.4) is 0 Å². The van der Waals surface area contributed by atoms with Crippen molar-refractivity contribution in [3.63, 3.8) is 0 Å². The maximum absolute atomic E-state index is 11.6. The van der Waals surface area contributed by atoms with E-state index in [4.69, 9.17) is 4.74 Å². The first kappa shape index (κ1) is 19.4. The number of hydrogen-bond donors (Lipinski definition) is 3. The Hall–Kier alpha value is -2.67. The second kappa shape index (κ2) is 7.74. The van der Waals surface area contributed by atoms with E-state index in [1.165, 1.54) is 25.1 Å². The molecule has 2 atom stereocenters. The van der Waals surface area contributed by atoms with Crippen LogP contribution in [-0.2, 0) is 14.9 Å². The number of carboxylic acids is 2. The first-order valence-electron chi connectivity index (χ1n) is 7.22. The van der Waals surface area contributed by atoms with Gasteiger partial charge in [0, 0.05) is 11.5 Å². The molecule has 0 heterocycles. The molecular weight excluding hydrogens is 316 g/mol. The summed E-state index contributed by atoms with van der Waals surface area (Å²) in [4.78, 5) is 34.1. The molecule has 0 radical (unpaired) electrons. The Morgan fingerprint density at radius 1 is 1.29 bits per heavy atom. The van der Waals surface area contributed by atoms with Crippen molar-refractivity contribution in [3.8, 4) is 0 Å². The van der Waals surface area contributed by atoms with Gasteiger partial charge in [-0.25, -0.2) is 14.4 Å². The second-order valence-corrected chi connectivity index (χ2v) is 5.55. The molecule has 130 valence electrons. The summed E-state index contributed by atoms with van der Waals surface area (Å²) in [6.45, 7) is 6.25. The summed E-state index contributed by atoms with van der Waals surface area (Å²) in [5, 5.41) is 28.8. The highest BCUT2D eigenvalue weighted by Gasteiger charge is 2.37. The largest absolute Gasteiger partial charge is 0.478 e. The van der Waals surface area contributed by atoms with E-state index in [0.29, 0.717) is 0 Å².